The number of carbonyl (C=O) groups excluding carboxylic acids is 2. The monoisotopic (exact) mass is 518 g/mol. The number of para-hydroxylation sites is 1. The van der Waals surface area contributed by atoms with Gasteiger partial charge in [-0.25, -0.2) is 4.99 Å². The van der Waals surface area contributed by atoms with Crippen molar-refractivity contribution in [2.24, 2.45) is 22.6 Å². The predicted octanol–water partition coefficient (Wildman–Crippen LogP) is 4.21. The van der Waals surface area contributed by atoms with Crippen molar-refractivity contribution in [1.29, 1.82) is 0 Å². The average molecular weight is 519 g/mol. The van der Waals surface area contributed by atoms with Gasteiger partial charge in [-0.1, -0.05) is 37.6 Å². The van der Waals surface area contributed by atoms with E-state index >= 15 is 0 Å². The van der Waals surface area contributed by atoms with E-state index in [-0.39, 0.29) is 41.7 Å². The molecule has 36 heavy (non-hydrogen) atoms. The van der Waals surface area contributed by atoms with E-state index in [2.05, 4.69) is 5.32 Å². The summed E-state index contributed by atoms with van der Waals surface area (Å²) in [6.07, 6.45) is 3.78. The molecule has 1 fully saturated rings. The van der Waals surface area contributed by atoms with Crippen LogP contribution >= 0.6 is 11.6 Å². The van der Waals surface area contributed by atoms with Crippen molar-refractivity contribution >= 4 is 29.4 Å². The number of hydrogen-bond acceptors (Lipinski definition) is 6. The average Bonchev–Trinajstić information content (AvgIpc) is 3.61. The van der Waals surface area contributed by atoms with Crippen molar-refractivity contribution in [3.63, 3.8) is 0 Å². The Labute approximate surface area is 218 Å². The second kappa shape index (κ2) is 10.2. The second-order valence-corrected chi connectivity index (χ2v) is 11.4. The molecule has 2 amide bonds. The fourth-order valence-corrected chi connectivity index (χ4v) is 6.01. The van der Waals surface area contributed by atoms with Crippen molar-refractivity contribution in [1.82, 2.24) is 10.2 Å². The van der Waals surface area contributed by atoms with Crippen molar-refractivity contribution in [2.45, 2.75) is 89.4 Å². The van der Waals surface area contributed by atoms with Gasteiger partial charge < -0.3 is 20.5 Å². The standard InChI is InChI=1S/C27H39ClN4O4/c1-6-27(7-2)15-22(33)32(25(29)31-27)21(11-12-35-5)17-13-18(17)24(34)30-20-14-26(3,4)36-23-16(20)9-8-10-19(23)28/h8-10,17-18,20-21H,6-7,11-15H2,1-5H3,(H2,29,31)(H,30,34)/t17?,18?,20-,21+/m0/s1. The molecule has 1 aliphatic carbocycles. The number of benzene rings is 1. The molecule has 0 saturated heterocycles. The van der Waals surface area contributed by atoms with Gasteiger partial charge in [-0.2, -0.15) is 0 Å². The second-order valence-electron chi connectivity index (χ2n) is 11.0. The van der Waals surface area contributed by atoms with Crippen LogP contribution in [0.25, 0.3) is 0 Å². The van der Waals surface area contributed by atoms with Gasteiger partial charge >= 0.3 is 0 Å². The van der Waals surface area contributed by atoms with Gasteiger partial charge in [0.25, 0.3) is 0 Å². The van der Waals surface area contributed by atoms with E-state index in [9.17, 15) is 9.59 Å². The Bertz CT molecular complexity index is 1040. The van der Waals surface area contributed by atoms with Gasteiger partial charge in [0, 0.05) is 37.7 Å². The minimum absolute atomic E-state index is 0.000264. The van der Waals surface area contributed by atoms with E-state index in [0.29, 0.717) is 43.1 Å². The van der Waals surface area contributed by atoms with Crippen LogP contribution in [0.15, 0.2) is 23.2 Å². The highest BCUT2D eigenvalue weighted by Gasteiger charge is 2.53. The number of hydrogen-bond donors (Lipinski definition) is 2. The molecule has 0 aromatic heterocycles. The van der Waals surface area contributed by atoms with Gasteiger partial charge in [0.1, 0.15) is 11.4 Å². The Balaban J connectivity index is 1.52. The summed E-state index contributed by atoms with van der Waals surface area (Å²) in [6.45, 7) is 8.54. The SMILES string of the molecule is CCC1(CC)CC(=O)N([C@H](CCOC)C2CC2C(=O)N[C@H]2CC(C)(C)Oc3c(Cl)cccc32)C(N)=N1. The zero-order chi connectivity index (χ0) is 26.3. The third-order valence-corrected chi connectivity index (χ3v) is 8.34. The molecule has 198 valence electrons. The predicted molar refractivity (Wildman–Crippen MR) is 140 cm³/mol. The molecule has 0 bridgehead atoms. The molecule has 1 aromatic carbocycles. The van der Waals surface area contributed by atoms with Gasteiger partial charge in [-0.3, -0.25) is 14.5 Å². The molecule has 1 aromatic rings. The first-order valence-electron chi connectivity index (χ1n) is 13.0. The number of ether oxygens (including phenoxy) is 2. The summed E-state index contributed by atoms with van der Waals surface area (Å²) in [7, 11) is 1.64. The fourth-order valence-electron chi connectivity index (χ4n) is 5.79. The van der Waals surface area contributed by atoms with Crippen LogP contribution in [0.4, 0.5) is 0 Å². The number of amides is 2. The smallest absolute Gasteiger partial charge is 0.231 e. The first kappa shape index (κ1) is 26.7. The normalized spacial score (nSPS) is 26.9. The van der Waals surface area contributed by atoms with Crippen LogP contribution in [0.2, 0.25) is 5.02 Å². The van der Waals surface area contributed by atoms with Crippen molar-refractivity contribution in [2.75, 3.05) is 13.7 Å². The molecule has 2 heterocycles. The van der Waals surface area contributed by atoms with E-state index in [1.165, 1.54) is 0 Å². The highest BCUT2D eigenvalue weighted by atomic mass is 35.5. The molecule has 0 spiro atoms. The molecule has 0 radical (unpaired) electrons. The third kappa shape index (κ3) is 5.21. The number of methoxy groups -OCH3 is 1. The van der Waals surface area contributed by atoms with Crippen LogP contribution in [0.3, 0.4) is 0 Å². The molecule has 1 saturated carbocycles. The van der Waals surface area contributed by atoms with Crippen LogP contribution in [0.1, 0.15) is 77.8 Å². The third-order valence-electron chi connectivity index (χ3n) is 8.05. The van der Waals surface area contributed by atoms with Gasteiger partial charge in [0.15, 0.2) is 5.96 Å². The number of rotatable bonds is 9. The van der Waals surface area contributed by atoms with Crippen molar-refractivity contribution in [3.05, 3.63) is 28.8 Å². The topological polar surface area (TPSA) is 106 Å². The lowest BCUT2D eigenvalue weighted by atomic mass is 9.87. The van der Waals surface area contributed by atoms with Crippen LogP contribution in [0.5, 0.6) is 5.75 Å². The largest absolute Gasteiger partial charge is 0.486 e. The van der Waals surface area contributed by atoms with Crippen molar-refractivity contribution in [3.8, 4) is 5.75 Å². The molecule has 9 heteroatoms. The first-order valence-corrected chi connectivity index (χ1v) is 13.4. The molecule has 2 unspecified atom stereocenters. The van der Waals surface area contributed by atoms with Gasteiger partial charge in [0.05, 0.1) is 23.0 Å². The zero-order valence-electron chi connectivity index (χ0n) is 22.0. The molecule has 8 nitrogen and oxygen atoms in total. The van der Waals surface area contributed by atoms with Crippen LogP contribution in [-0.4, -0.2) is 53.6 Å². The van der Waals surface area contributed by atoms with Crippen LogP contribution in [-0.2, 0) is 14.3 Å². The number of carbonyl (C=O) groups is 2. The summed E-state index contributed by atoms with van der Waals surface area (Å²) in [5.41, 5.74) is 6.38. The number of guanidine groups is 1. The molecule has 4 atom stereocenters. The maximum atomic E-state index is 13.4. The van der Waals surface area contributed by atoms with Crippen LogP contribution in [0, 0.1) is 11.8 Å². The molecular formula is C27H39ClN4O4. The summed E-state index contributed by atoms with van der Waals surface area (Å²) >= 11 is 6.40. The number of nitrogens with two attached hydrogens (primary N) is 1. The van der Waals surface area contributed by atoms with E-state index in [1.54, 1.807) is 18.1 Å². The molecule has 3 N–H and O–H groups in total. The minimum Gasteiger partial charge on any atom is -0.486 e. The Morgan fingerprint density at radius 2 is 2.08 bits per heavy atom. The fraction of sp³-hybridized carbons (Fsp3) is 0.667. The number of aliphatic imine (C=N–C) groups is 1. The lowest BCUT2D eigenvalue weighted by Gasteiger charge is -2.40. The Hall–Kier alpha value is -2.32. The Kier molecular flexibility index (Phi) is 7.58. The van der Waals surface area contributed by atoms with E-state index in [1.807, 2.05) is 39.8 Å². The Morgan fingerprint density at radius 3 is 2.72 bits per heavy atom. The summed E-state index contributed by atoms with van der Waals surface area (Å²) in [5.74, 6) is 0.645. The van der Waals surface area contributed by atoms with Gasteiger partial charge in [0.2, 0.25) is 11.8 Å². The summed E-state index contributed by atoms with van der Waals surface area (Å²) < 4.78 is 11.5. The van der Waals surface area contributed by atoms with Crippen LogP contribution < -0.4 is 15.8 Å². The summed E-state index contributed by atoms with van der Waals surface area (Å²) in [4.78, 5) is 33.1. The molecular weight excluding hydrogens is 480 g/mol. The molecule has 3 aliphatic rings. The Morgan fingerprint density at radius 1 is 1.36 bits per heavy atom. The highest BCUT2D eigenvalue weighted by Crippen LogP contribution is 2.48. The number of nitrogens with zero attached hydrogens (tertiary/aromatic N) is 2. The maximum Gasteiger partial charge on any atom is 0.231 e. The zero-order valence-corrected chi connectivity index (χ0v) is 22.7. The number of fused-ring (bicyclic) bond motifs is 1. The number of halogens is 1. The summed E-state index contributed by atoms with van der Waals surface area (Å²) in [5, 5.41) is 3.78. The lowest BCUT2D eigenvalue weighted by molar-refractivity contribution is -0.133. The summed E-state index contributed by atoms with van der Waals surface area (Å²) in [6, 6.07) is 5.19. The van der Waals surface area contributed by atoms with E-state index < -0.39 is 11.1 Å². The van der Waals surface area contributed by atoms with Crippen molar-refractivity contribution < 1.29 is 19.1 Å². The minimum atomic E-state index is -0.462. The van der Waals surface area contributed by atoms with Gasteiger partial charge in [-0.15, -0.1) is 0 Å². The molecule has 4 rings (SSSR count). The first-order chi connectivity index (χ1) is 17.0. The maximum absolute atomic E-state index is 13.4. The quantitative estimate of drug-likeness (QED) is 0.509. The molecule has 2 aliphatic heterocycles. The van der Waals surface area contributed by atoms with Gasteiger partial charge in [-0.05, 0) is 51.5 Å². The van der Waals surface area contributed by atoms with E-state index in [0.717, 1.165) is 18.4 Å². The highest BCUT2D eigenvalue weighted by molar-refractivity contribution is 6.32. The number of nitrogens with one attached hydrogen (secondary N) is 1. The lowest BCUT2D eigenvalue weighted by Crippen LogP contribution is -2.56. The van der Waals surface area contributed by atoms with E-state index in [4.69, 9.17) is 31.8 Å².